The summed E-state index contributed by atoms with van der Waals surface area (Å²) in [4.78, 5) is 4.56. The molecule has 0 saturated heterocycles. The zero-order chi connectivity index (χ0) is 12.5. The van der Waals surface area contributed by atoms with Crippen LogP contribution in [0, 0.1) is 11.3 Å². The number of unbranched alkanes of at least 4 members (excludes halogenated alkanes) is 3. The smallest absolute Gasteiger partial charge is 0.185 e. The maximum Gasteiger partial charge on any atom is 0.185 e. The molecule has 0 aliphatic rings. The Morgan fingerprint density at radius 2 is 2.18 bits per heavy atom. The van der Waals surface area contributed by atoms with Crippen molar-refractivity contribution in [3.8, 4) is 6.07 Å². The minimum absolute atomic E-state index is 0.306. The van der Waals surface area contributed by atoms with Crippen molar-refractivity contribution in [3.05, 3.63) is 10.0 Å². The number of aromatic nitrogens is 1. The number of hydrogen-bond acceptors (Lipinski definition) is 5. The first-order chi connectivity index (χ1) is 8.27. The third kappa shape index (κ3) is 5.62. The fourth-order valence-corrected chi connectivity index (χ4v) is 2.83. The number of anilines is 1. The SMILES string of the molecule is CSCCCCCCNc1nc(Cl)c(C#N)s1. The van der Waals surface area contributed by atoms with E-state index in [2.05, 4.69) is 16.6 Å². The van der Waals surface area contributed by atoms with Gasteiger partial charge in [-0.25, -0.2) is 4.98 Å². The topological polar surface area (TPSA) is 48.7 Å². The molecule has 0 fully saturated rings. The lowest BCUT2D eigenvalue weighted by Gasteiger charge is -2.02. The molecule has 1 rings (SSSR count). The molecule has 0 bridgehead atoms. The van der Waals surface area contributed by atoms with Crippen LogP contribution >= 0.6 is 34.7 Å². The molecule has 0 aliphatic heterocycles. The van der Waals surface area contributed by atoms with Crippen LogP contribution in [0.3, 0.4) is 0 Å². The summed E-state index contributed by atoms with van der Waals surface area (Å²) in [5.74, 6) is 1.25. The summed E-state index contributed by atoms with van der Waals surface area (Å²) < 4.78 is 0. The number of halogens is 1. The zero-order valence-corrected chi connectivity index (χ0v) is 12.2. The molecule has 0 radical (unpaired) electrons. The summed E-state index contributed by atoms with van der Waals surface area (Å²) in [6.07, 6.45) is 7.08. The quantitative estimate of drug-likeness (QED) is 0.735. The van der Waals surface area contributed by atoms with Crippen molar-refractivity contribution in [2.75, 3.05) is 23.9 Å². The van der Waals surface area contributed by atoms with Gasteiger partial charge in [-0.15, -0.1) is 0 Å². The minimum atomic E-state index is 0.306. The van der Waals surface area contributed by atoms with Gasteiger partial charge in [0, 0.05) is 6.54 Å². The van der Waals surface area contributed by atoms with Gasteiger partial charge in [0.25, 0.3) is 0 Å². The molecule has 1 aromatic rings. The van der Waals surface area contributed by atoms with E-state index < -0.39 is 0 Å². The van der Waals surface area contributed by atoms with Gasteiger partial charge in [-0.1, -0.05) is 35.8 Å². The highest BCUT2D eigenvalue weighted by molar-refractivity contribution is 7.98. The van der Waals surface area contributed by atoms with Crippen LogP contribution in [0.15, 0.2) is 0 Å². The van der Waals surface area contributed by atoms with Gasteiger partial charge in [0.05, 0.1) is 0 Å². The monoisotopic (exact) mass is 289 g/mol. The molecule has 0 saturated carbocycles. The molecule has 0 aliphatic carbocycles. The molecule has 1 N–H and O–H groups in total. The van der Waals surface area contributed by atoms with Crippen molar-refractivity contribution in [1.82, 2.24) is 4.98 Å². The fourth-order valence-electron chi connectivity index (χ4n) is 1.37. The van der Waals surface area contributed by atoms with E-state index in [1.165, 1.54) is 36.4 Å². The van der Waals surface area contributed by atoms with Crippen molar-refractivity contribution in [2.24, 2.45) is 0 Å². The zero-order valence-electron chi connectivity index (χ0n) is 9.83. The number of hydrogen-bond donors (Lipinski definition) is 1. The first-order valence-corrected chi connectivity index (χ1v) is 8.16. The first kappa shape index (κ1) is 14.6. The normalized spacial score (nSPS) is 10.2. The van der Waals surface area contributed by atoms with E-state index in [4.69, 9.17) is 16.9 Å². The number of thioether (sulfide) groups is 1. The van der Waals surface area contributed by atoms with Crippen LogP contribution in [0.4, 0.5) is 5.13 Å². The van der Waals surface area contributed by atoms with Crippen molar-refractivity contribution in [2.45, 2.75) is 25.7 Å². The van der Waals surface area contributed by atoms with Gasteiger partial charge in [0.1, 0.15) is 10.9 Å². The number of rotatable bonds is 8. The molecule has 1 heterocycles. The van der Waals surface area contributed by atoms with Crippen molar-refractivity contribution in [3.63, 3.8) is 0 Å². The maximum absolute atomic E-state index is 8.73. The molecule has 17 heavy (non-hydrogen) atoms. The Morgan fingerprint density at radius 1 is 1.41 bits per heavy atom. The van der Waals surface area contributed by atoms with E-state index in [1.54, 1.807) is 0 Å². The van der Waals surface area contributed by atoms with Crippen molar-refractivity contribution < 1.29 is 0 Å². The van der Waals surface area contributed by atoms with E-state index in [-0.39, 0.29) is 0 Å². The first-order valence-electron chi connectivity index (χ1n) is 5.57. The van der Waals surface area contributed by atoms with Crippen molar-refractivity contribution in [1.29, 1.82) is 5.26 Å². The molecular weight excluding hydrogens is 274 g/mol. The molecule has 0 atom stereocenters. The van der Waals surface area contributed by atoms with Gasteiger partial charge in [0.2, 0.25) is 0 Å². The van der Waals surface area contributed by atoms with Crippen LogP contribution in [-0.2, 0) is 0 Å². The predicted octanol–water partition coefficient (Wildman–Crippen LogP) is 4.00. The Hall–Kier alpha value is -0.440. The Bertz CT molecular complexity index is 373. The third-order valence-corrected chi connectivity index (χ3v) is 4.24. The maximum atomic E-state index is 8.73. The van der Waals surface area contributed by atoms with E-state index in [0.29, 0.717) is 10.0 Å². The Labute approximate surface area is 116 Å². The van der Waals surface area contributed by atoms with E-state index in [9.17, 15) is 0 Å². The molecule has 3 nitrogen and oxygen atoms in total. The van der Waals surface area contributed by atoms with E-state index in [0.717, 1.165) is 18.1 Å². The van der Waals surface area contributed by atoms with Crippen LogP contribution < -0.4 is 5.32 Å². The highest BCUT2D eigenvalue weighted by Crippen LogP contribution is 2.25. The summed E-state index contributed by atoms with van der Waals surface area (Å²) in [5, 5.41) is 13.0. The lowest BCUT2D eigenvalue weighted by molar-refractivity contribution is 0.689. The largest absolute Gasteiger partial charge is 0.361 e. The Balaban J connectivity index is 2.12. The summed E-state index contributed by atoms with van der Waals surface area (Å²) >= 11 is 8.99. The highest BCUT2D eigenvalue weighted by atomic mass is 35.5. The fraction of sp³-hybridized carbons (Fsp3) is 0.636. The number of nitrogens with zero attached hydrogens (tertiary/aromatic N) is 2. The van der Waals surface area contributed by atoms with Gasteiger partial charge in [-0.2, -0.15) is 17.0 Å². The van der Waals surface area contributed by atoms with Gasteiger partial charge in [-0.05, 0) is 24.9 Å². The number of nitriles is 1. The average molecular weight is 290 g/mol. The molecule has 0 unspecified atom stereocenters. The van der Waals surface area contributed by atoms with E-state index in [1.807, 2.05) is 17.8 Å². The van der Waals surface area contributed by atoms with E-state index >= 15 is 0 Å². The van der Waals surface area contributed by atoms with Gasteiger partial charge in [0.15, 0.2) is 10.3 Å². The van der Waals surface area contributed by atoms with Crippen LogP contribution in [0.5, 0.6) is 0 Å². The number of thiazole rings is 1. The van der Waals surface area contributed by atoms with Gasteiger partial charge in [-0.3, -0.25) is 0 Å². The average Bonchev–Trinajstić information content (AvgIpc) is 2.68. The third-order valence-electron chi connectivity index (χ3n) is 2.24. The van der Waals surface area contributed by atoms with Crippen LogP contribution in [-0.4, -0.2) is 23.5 Å². The minimum Gasteiger partial charge on any atom is -0.361 e. The van der Waals surface area contributed by atoms with Gasteiger partial charge >= 0.3 is 0 Å². The second-order valence-corrected chi connectivity index (χ2v) is 5.93. The second kappa shape index (κ2) is 8.62. The summed E-state index contributed by atoms with van der Waals surface area (Å²) in [6.45, 7) is 0.897. The molecule has 0 spiro atoms. The highest BCUT2D eigenvalue weighted by Gasteiger charge is 2.07. The van der Waals surface area contributed by atoms with Crippen molar-refractivity contribution >= 4 is 39.8 Å². The molecule has 94 valence electrons. The summed E-state index contributed by atoms with van der Waals surface area (Å²) in [6, 6.07) is 2.02. The number of nitrogens with one attached hydrogen (secondary N) is 1. The molecule has 0 amide bonds. The molecular formula is C11H16ClN3S2. The van der Waals surface area contributed by atoms with Crippen LogP contribution in [0.1, 0.15) is 30.6 Å². The lowest BCUT2D eigenvalue weighted by atomic mass is 10.2. The van der Waals surface area contributed by atoms with Crippen LogP contribution in [0.2, 0.25) is 5.15 Å². The molecule has 1 aromatic heterocycles. The Morgan fingerprint density at radius 3 is 2.82 bits per heavy atom. The molecule has 0 aromatic carbocycles. The summed E-state index contributed by atoms with van der Waals surface area (Å²) in [7, 11) is 0. The molecule has 6 heteroatoms. The summed E-state index contributed by atoms with van der Waals surface area (Å²) in [5.41, 5.74) is 0. The van der Waals surface area contributed by atoms with Crippen LogP contribution in [0.25, 0.3) is 0 Å². The van der Waals surface area contributed by atoms with Gasteiger partial charge < -0.3 is 5.32 Å². The second-order valence-electron chi connectivity index (χ2n) is 3.58. The Kier molecular flexibility index (Phi) is 7.41. The lowest BCUT2D eigenvalue weighted by Crippen LogP contribution is -2.00. The standard InChI is InChI=1S/C11H16ClN3S2/c1-16-7-5-3-2-4-6-14-11-15-10(12)9(8-13)17-11/h2-7H2,1H3,(H,14,15). The predicted molar refractivity (Wildman–Crippen MR) is 77.2 cm³/mol.